The third kappa shape index (κ3) is 3.53. The lowest BCUT2D eigenvalue weighted by Gasteiger charge is -2.13. The van der Waals surface area contributed by atoms with Crippen LogP contribution in [-0.4, -0.2) is 4.98 Å². The molecule has 1 aromatic heterocycles. The molecular weight excluding hydrogens is 270 g/mol. The topological polar surface area (TPSA) is 22.1 Å². The van der Waals surface area contributed by atoms with Gasteiger partial charge in [0.2, 0.25) is 0 Å². The summed E-state index contributed by atoms with van der Waals surface area (Å²) in [5.41, 5.74) is 3.55. The van der Waals surface area contributed by atoms with Crippen molar-refractivity contribution in [1.82, 2.24) is 4.98 Å². The Labute approximate surface area is 131 Å². The number of hydrogen-bond acceptors (Lipinski definition) is 2. The molecular formula is C20H19NO. The molecule has 0 aliphatic rings. The summed E-state index contributed by atoms with van der Waals surface area (Å²) in [5.74, 6) is 1.25. The molecule has 0 aliphatic heterocycles. The quantitative estimate of drug-likeness (QED) is 0.672. The normalized spacial score (nSPS) is 11.9. The molecule has 0 radical (unpaired) electrons. The smallest absolute Gasteiger partial charge is 0.130 e. The van der Waals surface area contributed by atoms with Crippen LogP contribution in [-0.2, 0) is 6.61 Å². The summed E-state index contributed by atoms with van der Waals surface area (Å²) >= 11 is 0. The molecule has 3 rings (SSSR count). The number of pyridine rings is 1. The van der Waals surface area contributed by atoms with Crippen molar-refractivity contribution < 1.29 is 4.74 Å². The first-order chi connectivity index (χ1) is 10.8. The standard InChI is InChI=1S/C20H19NO/c1-16(17-7-3-2-4-8-17)18-10-12-20(13-11-18)22-15-19-9-5-6-14-21-19/h2-14,16H,15H2,1H3. The van der Waals surface area contributed by atoms with Crippen molar-refractivity contribution in [3.63, 3.8) is 0 Å². The van der Waals surface area contributed by atoms with Crippen LogP contribution in [0.5, 0.6) is 5.75 Å². The Kier molecular flexibility index (Phi) is 4.50. The number of nitrogens with zero attached hydrogens (tertiary/aromatic N) is 1. The van der Waals surface area contributed by atoms with Gasteiger partial charge in [-0.15, -0.1) is 0 Å². The lowest BCUT2D eigenvalue weighted by Crippen LogP contribution is -1.99. The molecule has 0 saturated heterocycles. The minimum Gasteiger partial charge on any atom is -0.487 e. The zero-order chi connectivity index (χ0) is 15.2. The van der Waals surface area contributed by atoms with Crippen molar-refractivity contribution >= 4 is 0 Å². The van der Waals surface area contributed by atoms with E-state index >= 15 is 0 Å². The van der Waals surface area contributed by atoms with E-state index in [1.807, 2.05) is 36.4 Å². The minimum absolute atomic E-state index is 0.381. The van der Waals surface area contributed by atoms with Crippen molar-refractivity contribution in [2.45, 2.75) is 19.4 Å². The molecule has 0 spiro atoms. The first kappa shape index (κ1) is 14.3. The van der Waals surface area contributed by atoms with Gasteiger partial charge in [-0.05, 0) is 35.4 Å². The third-order valence-corrected chi connectivity index (χ3v) is 3.79. The van der Waals surface area contributed by atoms with E-state index in [2.05, 4.69) is 48.3 Å². The molecule has 22 heavy (non-hydrogen) atoms. The number of hydrogen-bond donors (Lipinski definition) is 0. The van der Waals surface area contributed by atoms with Crippen LogP contribution < -0.4 is 4.74 Å². The van der Waals surface area contributed by atoms with Gasteiger partial charge >= 0.3 is 0 Å². The fourth-order valence-electron chi connectivity index (χ4n) is 2.43. The average molecular weight is 289 g/mol. The largest absolute Gasteiger partial charge is 0.487 e. The van der Waals surface area contributed by atoms with Crippen LogP contribution in [0, 0.1) is 0 Å². The van der Waals surface area contributed by atoms with E-state index in [0.29, 0.717) is 12.5 Å². The molecule has 2 aromatic carbocycles. The number of ether oxygens (including phenoxy) is 1. The van der Waals surface area contributed by atoms with Crippen LogP contribution in [0.2, 0.25) is 0 Å². The Morgan fingerprint density at radius 2 is 1.50 bits per heavy atom. The highest BCUT2D eigenvalue weighted by Crippen LogP contribution is 2.25. The predicted octanol–water partition coefficient (Wildman–Crippen LogP) is 4.81. The highest BCUT2D eigenvalue weighted by atomic mass is 16.5. The van der Waals surface area contributed by atoms with E-state index in [1.54, 1.807) is 6.20 Å². The van der Waals surface area contributed by atoms with E-state index < -0.39 is 0 Å². The summed E-state index contributed by atoms with van der Waals surface area (Å²) < 4.78 is 5.77. The van der Waals surface area contributed by atoms with Crippen LogP contribution in [0.15, 0.2) is 79.0 Å². The van der Waals surface area contributed by atoms with Gasteiger partial charge in [0.15, 0.2) is 0 Å². The number of aromatic nitrogens is 1. The van der Waals surface area contributed by atoms with Crippen LogP contribution in [0.1, 0.15) is 29.7 Å². The van der Waals surface area contributed by atoms with Gasteiger partial charge in [-0.3, -0.25) is 4.98 Å². The van der Waals surface area contributed by atoms with Gasteiger partial charge < -0.3 is 4.74 Å². The van der Waals surface area contributed by atoms with Crippen molar-refractivity contribution in [2.75, 3.05) is 0 Å². The maximum absolute atomic E-state index is 5.77. The molecule has 1 unspecified atom stereocenters. The lowest BCUT2D eigenvalue weighted by molar-refractivity contribution is 0.301. The van der Waals surface area contributed by atoms with E-state index in [9.17, 15) is 0 Å². The van der Waals surface area contributed by atoms with Crippen molar-refractivity contribution in [1.29, 1.82) is 0 Å². The number of benzene rings is 2. The zero-order valence-electron chi connectivity index (χ0n) is 12.6. The van der Waals surface area contributed by atoms with Gasteiger partial charge in [0, 0.05) is 12.1 Å². The summed E-state index contributed by atoms with van der Waals surface area (Å²) in [7, 11) is 0. The molecule has 0 saturated carbocycles. The van der Waals surface area contributed by atoms with Gasteiger partial charge in [0.05, 0.1) is 5.69 Å². The molecule has 2 heteroatoms. The Balaban J connectivity index is 1.65. The van der Waals surface area contributed by atoms with Gasteiger partial charge in [-0.1, -0.05) is 55.5 Å². The molecule has 0 amide bonds. The summed E-state index contributed by atoms with van der Waals surface area (Å²) in [6, 6.07) is 24.7. The van der Waals surface area contributed by atoms with Crippen LogP contribution in [0.3, 0.4) is 0 Å². The minimum atomic E-state index is 0.381. The average Bonchev–Trinajstić information content (AvgIpc) is 2.61. The van der Waals surface area contributed by atoms with Crippen LogP contribution >= 0.6 is 0 Å². The fourth-order valence-corrected chi connectivity index (χ4v) is 2.43. The molecule has 0 fully saturated rings. The first-order valence-electron chi connectivity index (χ1n) is 7.50. The van der Waals surface area contributed by atoms with Gasteiger partial charge in [0.25, 0.3) is 0 Å². The summed E-state index contributed by atoms with van der Waals surface area (Å²) in [5, 5.41) is 0. The van der Waals surface area contributed by atoms with E-state index in [4.69, 9.17) is 4.74 Å². The maximum Gasteiger partial charge on any atom is 0.130 e. The van der Waals surface area contributed by atoms with Crippen molar-refractivity contribution in [3.8, 4) is 5.75 Å². The monoisotopic (exact) mass is 289 g/mol. The lowest BCUT2D eigenvalue weighted by atomic mass is 9.93. The first-order valence-corrected chi connectivity index (χ1v) is 7.50. The van der Waals surface area contributed by atoms with Crippen LogP contribution in [0.25, 0.3) is 0 Å². The van der Waals surface area contributed by atoms with E-state index in [1.165, 1.54) is 11.1 Å². The van der Waals surface area contributed by atoms with E-state index in [-0.39, 0.29) is 0 Å². The molecule has 2 nitrogen and oxygen atoms in total. The SMILES string of the molecule is CC(c1ccccc1)c1ccc(OCc2ccccn2)cc1. The predicted molar refractivity (Wildman–Crippen MR) is 89.0 cm³/mol. The van der Waals surface area contributed by atoms with Gasteiger partial charge in [0.1, 0.15) is 12.4 Å². The molecule has 110 valence electrons. The van der Waals surface area contributed by atoms with Gasteiger partial charge in [-0.2, -0.15) is 0 Å². The highest BCUT2D eigenvalue weighted by Gasteiger charge is 2.07. The Hall–Kier alpha value is -2.61. The second kappa shape index (κ2) is 6.90. The number of rotatable bonds is 5. The molecule has 0 aliphatic carbocycles. The Morgan fingerprint density at radius 3 is 2.18 bits per heavy atom. The maximum atomic E-state index is 5.77. The molecule has 0 bridgehead atoms. The highest BCUT2D eigenvalue weighted by molar-refractivity contribution is 5.35. The fraction of sp³-hybridized carbons (Fsp3) is 0.150. The van der Waals surface area contributed by atoms with E-state index in [0.717, 1.165) is 11.4 Å². The second-order valence-corrected chi connectivity index (χ2v) is 5.31. The zero-order valence-corrected chi connectivity index (χ0v) is 12.6. The van der Waals surface area contributed by atoms with Crippen molar-refractivity contribution in [2.24, 2.45) is 0 Å². The molecule has 1 heterocycles. The van der Waals surface area contributed by atoms with Crippen LogP contribution in [0.4, 0.5) is 0 Å². The molecule has 3 aromatic rings. The summed E-state index contributed by atoms with van der Waals surface area (Å²) in [6.07, 6.45) is 1.78. The second-order valence-electron chi connectivity index (χ2n) is 5.31. The molecule has 1 atom stereocenters. The molecule has 0 N–H and O–H groups in total. The summed E-state index contributed by atoms with van der Waals surface area (Å²) in [6.45, 7) is 2.72. The third-order valence-electron chi connectivity index (χ3n) is 3.79. The Morgan fingerprint density at radius 1 is 0.818 bits per heavy atom. The van der Waals surface area contributed by atoms with Gasteiger partial charge in [-0.25, -0.2) is 0 Å². The summed E-state index contributed by atoms with van der Waals surface area (Å²) in [4.78, 5) is 4.25. The Bertz CT molecular complexity index is 693. The van der Waals surface area contributed by atoms with Crippen molar-refractivity contribution in [3.05, 3.63) is 95.8 Å².